The molecule has 1 rings (SSSR count). The Morgan fingerprint density at radius 1 is 1.50 bits per heavy atom. The molecule has 0 aliphatic heterocycles. The molecule has 1 aromatic rings. The number of anilines is 1. The van der Waals surface area contributed by atoms with Gasteiger partial charge in [-0.1, -0.05) is 0 Å². The molecule has 1 heterocycles. The van der Waals surface area contributed by atoms with Crippen molar-refractivity contribution in [3.63, 3.8) is 0 Å². The summed E-state index contributed by atoms with van der Waals surface area (Å²) in [5, 5.41) is 7.26. The van der Waals surface area contributed by atoms with Gasteiger partial charge in [-0.3, -0.25) is 0 Å². The number of nitrogens with one attached hydrogen (secondary N) is 1. The van der Waals surface area contributed by atoms with Crippen LogP contribution in [-0.2, 0) is 9.47 Å². The van der Waals surface area contributed by atoms with E-state index in [0.717, 1.165) is 5.69 Å². The molecule has 0 unspecified atom stereocenters. The number of thiophene rings is 1. The lowest BCUT2D eigenvalue weighted by atomic mass is 10.5. The zero-order valence-corrected chi connectivity index (χ0v) is 8.06. The lowest BCUT2D eigenvalue weighted by Gasteiger charge is -2.13. The molecular formula is C8H13NO2S. The van der Waals surface area contributed by atoms with E-state index in [1.54, 1.807) is 25.6 Å². The van der Waals surface area contributed by atoms with Gasteiger partial charge in [0.2, 0.25) is 0 Å². The standard InChI is InChI=1S/C8H13NO2S/c1-10-8(11-2)5-9-7-3-4-12-6-7/h3-4,6,8-9H,5H2,1-2H3. The fraction of sp³-hybridized carbons (Fsp3) is 0.500. The lowest BCUT2D eigenvalue weighted by molar-refractivity contribution is -0.0914. The monoisotopic (exact) mass is 187 g/mol. The van der Waals surface area contributed by atoms with E-state index in [0.29, 0.717) is 6.54 Å². The fourth-order valence-electron chi connectivity index (χ4n) is 0.829. The maximum Gasteiger partial charge on any atom is 0.173 e. The number of rotatable bonds is 5. The Labute approximate surface area is 76.3 Å². The van der Waals surface area contributed by atoms with Crippen LogP contribution in [0.2, 0.25) is 0 Å². The fourth-order valence-corrected chi connectivity index (χ4v) is 1.44. The highest BCUT2D eigenvalue weighted by Gasteiger charge is 2.03. The minimum atomic E-state index is -0.176. The van der Waals surface area contributed by atoms with Gasteiger partial charge in [0.25, 0.3) is 0 Å². The van der Waals surface area contributed by atoms with Crippen molar-refractivity contribution in [1.82, 2.24) is 0 Å². The second-order valence-electron chi connectivity index (χ2n) is 2.29. The first kappa shape index (κ1) is 9.51. The molecule has 3 nitrogen and oxygen atoms in total. The normalized spacial score (nSPS) is 10.6. The van der Waals surface area contributed by atoms with E-state index in [2.05, 4.69) is 5.32 Å². The molecule has 0 fully saturated rings. The molecule has 0 spiro atoms. The highest BCUT2D eigenvalue weighted by Crippen LogP contribution is 2.11. The van der Waals surface area contributed by atoms with Crippen LogP contribution in [0.3, 0.4) is 0 Å². The summed E-state index contributed by atoms with van der Waals surface area (Å²) in [5.41, 5.74) is 1.11. The molecule has 0 aliphatic rings. The third-order valence-electron chi connectivity index (χ3n) is 1.52. The van der Waals surface area contributed by atoms with Gasteiger partial charge in [-0.2, -0.15) is 11.3 Å². The first-order valence-corrected chi connectivity index (χ1v) is 4.62. The second-order valence-corrected chi connectivity index (χ2v) is 3.07. The van der Waals surface area contributed by atoms with Crippen LogP contribution in [0.15, 0.2) is 16.8 Å². The van der Waals surface area contributed by atoms with Gasteiger partial charge in [0.1, 0.15) is 0 Å². The van der Waals surface area contributed by atoms with Crippen molar-refractivity contribution in [2.75, 3.05) is 26.1 Å². The maximum atomic E-state index is 5.02. The quantitative estimate of drug-likeness (QED) is 0.713. The first-order valence-electron chi connectivity index (χ1n) is 3.68. The second kappa shape index (κ2) is 5.13. The predicted octanol–water partition coefficient (Wildman–Crippen LogP) is 1.78. The maximum absolute atomic E-state index is 5.02. The van der Waals surface area contributed by atoms with Crippen molar-refractivity contribution in [2.45, 2.75) is 6.29 Å². The minimum Gasteiger partial charge on any atom is -0.379 e. The Kier molecular flexibility index (Phi) is 4.07. The van der Waals surface area contributed by atoms with Gasteiger partial charge < -0.3 is 14.8 Å². The topological polar surface area (TPSA) is 30.5 Å². The van der Waals surface area contributed by atoms with Crippen LogP contribution in [0.5, 0.6) is 0 Å². The number of ether oxygens (including phenoxy) is 2. The van der Waals surface area contributed by atoms with Crippen LogP contribution in [0.1, 0.15) is 0 Å². The van der Waals surface area contributed by atoms with Crippen LogP contribution >= 0.6 is 11.3 Å². The van der Waals surface area contributed by atoms with E-state index in [-0.39, 0.29) is 6.29 Å². The van der Waals surface area contributed by atoms with Crippen molar-refractivity contribution in [3.05, 3.63) is 16.8 Å². The van der Waals surface area contributed by atoms with Crippen LogP contribution in [-0.4, -0.2) is 27.1 Å². The van der Waals surface area contributed by atoms with Gasteiger partial charge in [0.05, 0.1) is 6.54 Å². The molecular weight excluding hydrogens is 174 g/mol. The van der Waals surface area contributed by atoms with Crippen molar-refractivity contribution in [3.8, 4) is 0 Å². The van der Waals surface area contributed by atoms with E-state index in [4.69, 9.17) is 9.47 Å². The molecule has 1 aromatic heterocycles. The number of hydrogen-bond donors (Lipinski definition) is 1. The Morgan fingerprint density at radius 3 is 2.75 bits per heavy atom. The van der Waals surface area contributed by atoms with E-state index < -0.39 is 0 Å². The molecule has 12 heavy (non-hydrogen) atoms. The zero-order valence-electron chi connectivity index (χ0n) is 7.24. The average Bonchev–Trinajstić information content (AvgIpc) is 2.59. The molecule has 0 aromatic carbocycles. The summed E-state index contributed by atoms with van der Waals surface area (Å²) in [6.45, 7) is 0.670. The van der Waals surface area contributed by atoms with Gasteiger partial charge in [-0.15, -0.1) is 0 Å². The molecule has 0 radical (unpaired) electrons. The molecule has 0 saturated heterocycles. The Balaban J connectivity index is 2.25. The largest absolute Gasteiger partial charge is 0.379 e. The van der Waals surface area contributed by atoms with E-state index in [1.165, 1.54) is 0 Å². The Hall–Kier alpha value is -0.580. The SMILES string of the molecule is COC(CNc1ccsc1)OC. The summed E-state index contributed by atoms with van der Waals surface area (Å²) in [7, 11) is 3.26. The number of methoxy groups -OCH3 is 2. The third kappa shape index (κ3) is 2.81. The van der Waals surface area contributed by atoms with E-state index in [9.17, 15) is 0 Å². The zero-order chi connectivity index (χ0) is 8.81. The molecule has 0 aliphatic carbocycles. The molecule has 0 amide bonds. The summed E-state index contributed by atoms with van der Waals surface area (Å²) >= 11 is 1.66. The molecule has 0 saturated carbocycles. The Morgan fingerprint density at radius 2 is 2.25 bits per heavy atom. The van der Waals surface area contributed by atoms with Crippen molar-refractivity contribution in [1.29, 1.82) is 0 Å². The van der Waals surface area contributed by atoms with Crippen LogP contribution in [0.25, 0.3) is 0 Å². The van der Waals surface area contributed by atoms with Gasteiger partial charge in [0, 0.05) is 25.3 Å². The van der Waals surface area contributed by atoms with Crippen LogP contribution < -0.4 is 5.32 Å². The van der Waals surface area contributed by atoms with Gasteiger partial charge >= 0.3 is 0 Å². The van der Waals surface area contributed by atoms with Crippen LogP contribution in [0, 0.1) is 0 Å². The highest BCUT2D eigenvalue weighted by molar-refractivity contribution is 7.08. The first-order chi connectivity index (χ1) is 5.86. The van der Waals surface area contributed by atoms with E-state index >= 15 is 0 Å². The van der Waals surface area contributed by atoms with Crippen molar-refractivity contribution < 1.29 is 9.47 Å². The highest BCUT2D eigenvalue weighted by atomic mass is 32.1. The predicted molar refractivity (Wildman–Crippen MR) is 50.6 cm³/mol. The molecule has 68 valence electrons. The molecule has 4 heteroatoms. The molecule has 1 N–H and O–H groups in total. The summed E-state index contributed by atoms with van der Waals surface area (Å²) < 4.78 is 10.0. The summed E-state index contributed by atoms with van der Waals surface area (Å²) in [6, 6.07) is 2.02. The lowest BCUT2D eigenvalue weighted by Crippen LogP contribution is -2.23. The Bertz CT molecular complexity index is 197. The van der Waals surface area contributed by atoms with E-state index in [1.807, 2.05) is 16.8 Å². The third-order valence-corrected chi connectivity index (χ3v) is 2.20. The number of hydrogen-bond acceptors (Lipinski definition) is 4. The molecule has 0 bridgehead atoms. The van der Waals surface area contributed by atoms with Gasteiger partial charge in [-0.25, -0.2) is 0 Å². The molecule has 0 atom stereocenters. The van der Waals surface area contributed by atoms with Gasteiger partial charge in [0.15, 0.2) is 6.29 Å². The summed E-state index contributed by atoms with van der Waals surface area (Å²) in [6.07, 6.45) is -0.176. The van der Waals surface area contributed by atoms with Gasteiger partial charge in [-0.05, 0) is 11.4 Å². The average molecular weight is 187 g/mol. The van der Waals surface area contributed by atoms with Crippen molar-refractivity contribution in [2.24, 2.45) is 0 Å². The minimum absolute atomic E-state index is 0.176. The summed E-state index contributed by atoms with van der Waals surface area (Å²) in [4.78, 5) is 0. The van der Waals surface area contributed by atoms with Crippen molar-refractivity contribution >= 4 is 17.0 Å². The summed E-state index contributed by atoms with van der Waals surface area (Å²) in [5.74, 6) is 0. The van der Waals surface area contributed by atoms with Crippen LogP contribution in [0.4, 0.5) is 5.69 Å². The smallest absolute Gasteiger partial charge is 0.173 e.